The zero-order valence-corrected chi connectivity index (χ0v) is 9.70. The van der Waals surface area contributed by atoms with Crippen molar-refractivity contribution in [1.29, 1.82) is 0 Å². The molecule has 0 fully saturated rings. The molecule has 1 rings (SSSR count). The molecular weight excluding hydrogens is 228 g/mol. The van der Waals surface area contributed by atoms with Crippen LogP contribution in [0.25, 0.3) is 0 Å². The molecule has 0 aliphatic carbocycles. The van der Waals surface area contributed by atoms with Crippen molar-refractivity contribution in [2.24, 2.45) is 0 Å². The summed E-state index contributed by atoms with van der Waals surface area (Å²) in [5.41, 5.74) is 0.422. The lowest BCUT2D eigenvalue weighted by Crippen LogP contribution is -2.25. The molecule has 0 bridgehead atoms. The molecule has 5 heteroatoms. The maximum atomic E-state index is 12.4. The van der Waals surface area contributed by atoms with Crippen molar-refractivity contribution in [3.05, 3.63) is 35.4 Å². The summed E-state index contributed by atoms with van der Waals surface area (Å²) in [5.74, 6) is 0. The first-order chi connectivity index (χ1) is 8.15. The van der Waals surface area contributed by atoms with Crippen LogP contribution in [0.1, 0.15) is 23.7 Å². The number of ether oxygens (including phenoxy) is 1. The van der Waals surface area contributed by atoms with Gasteiger partial charge in [-0.25, -0.2) is 8.78 Å². The van der Waals surface area contributed by atoms with Gasteiger partial charge in [-0.05, 0) is 11.6 Å². The molecule has 1 unspecified atom stereocenters. The van der Waals surface area contributed by atoms with Gasteiger partial charge in [-0.2, -0.15) is 0 Å². The van der Waals surface area contributed by atoms with E-state index >= 15 is 0 Å². The van der Waals surface area contributed by atoms with E-state index in [2.05, 4.69) is 5.32 Å². The molecule has 1 aromatic carbocycles. The number of aliphatic hydroxyl groups excluding tert-OH is 1. The first kappa shape index (κ1) is 14.0. The molecule has 0 amide bonds. The van der Waals surface area contributed by atoms with Crippen LogP contribution in [-0.4, -0.2) is 31.9 Å². The van der Waals surface area contributed by atoms with E-state index in [4.69, 9.17) is 4.74 Å². The van der Waals surface area contributed by atoms with Crippen molar-refractivity contribution >= 4 is 0 Å². The second kappa shape index (κ2) is 7.32. The van der Waals surface area contributed by atoms with E-state index < -0.39 is 12.5 Å². The fourth-order valence-corrected chi connectivity index (χ4v) is 1.43. The van der Waals surface area contributed by atoms with E-state index in [9.17, 15) is 13.9 Å². The fourth-order valence-electron chi connectivity index (χ4n) is 1.43. The predicted molar refractivity (Wildman–Crippen MR) is 61.1 cm³/mol. The number of methoxy groups -OCH3 is 1. The van der Waals surface area contributed by atoms with Gasteiger partial charge in [0.25, 0.3) is 6.43 Å². The molecule has 0 saturated heterocycles. The minimum atomic E-state index is -2.51. The Morgan fingerprint density at radius 2 is 2.06 bits per heavy atom. The van der Waals surface area contributed by atoms with Crippen LogP contribution >= 0.6 is 0 Å². The Bertz CT molecular complexity index is 334. The Balaban J connectivity index is 2.50. The maximum absolute atomic E-state index is 12.4. The van der Waals surface area contributed by atoms with Crippen LogP contribution in [0.3, 0.4) is 0 Å². The highest BCUT2D eigenvalue weighted by Gasteiger charge is 2.11. The number of alkyl halides is 2. The first-order valence-electron chi connectivity index (χ1n) is 5.41. The minimum Gasteiger partial charge on any atom is -0.387 e. The second-order valence-corrected chi connectivity index (χ2v) is 3.68. The highest BCUT2D eigenvalue weighted by atomic mass is 19.3. The van der Waals surface area contributed by atoms with Gasteiger partial charge in [-0.1, -0.05) is 18.2 Å². The summed E-state index contributed by atoms with van der Waals surface area (Å²) >= 11 is 0. The molecule has 0 aliphatic rings. The highest BCUT2D eigenvalue weighted by Crippen LogP contribution is 2.22. The largest absolute Gasteiger partial charge is 0.387 e. The second-order valence-electron chi connectivity index (χ2n) is 3.68. The summed E-state index contributed by atoms with van der Waals surface area (Å²) in [6.07, 6.45) is -3.30. The maximum Gasteiger partial charge on any atom is 0.263 e. The molecule has 17 heavy (non-hydrogen) atoms. The molecular formula is C12H17F2NO2. The molecule has 2 N–H and O–H groups in total. The Morgan fingerprint density at radius 3 is 2.71 bits per heavy atom. The van der Waals surface area contributed by atoms with Crippen molar-refractivity contribution in [3.8, 4) is 0 Å². The number of nitrogens with one attached hydrogen (secondary N) is 1. The topological polar surface area (TPSA) is 41.5 Å². The van der Waals surface area contributed by atoms with E-state index in [1.165, 1.54) is 18.2 Å². The normalized spacial score (nSPS) is 13.0. The molecule has 96 valence electrons. The molecule has 1 atom stereocenters. The molecule has 0 aromatic heterocycles. The van der Waals surface area contributed by atoms with Crippen molar-refractivity contribution in [2.45, 2.75) is 12.5 Å². The third-order valence-electron chi connectivity index (χ3n) is 2.37. The predicted octanol–water partition coefficient (Wildman–Crippen LogP) is 1.89. The Hall–Kier alpha value is -1.04. The van der Waals surface area contributed by atoms with Gasteiger partial charge < -0.3 is 15.2 Å². The average Bonchev–Trinajstić information content (AvgIpc) is 2.34. The fraction of sp³-hybridized carbons (Fsp3) is 0.500. The minimum absolute atomic E-state index is 0.0709. The lowest BCUT2D eigenvalue weighted by atomic mass is 10.1. The Labute approximate surface area is 99.4 Å². The van der Waals surface area contributed by atoms with Crippen LogP contribution in [0, 0.1) is 0 Å². The average molecular weight is 245 g/mol. The molecule has 0 aliphatic heterocycles. The van der Waals surface area contributed by atoms with Gasteiger partial charge in [0.1, 0.15) is 0 Å². The number of rotatable bonds is 7. The highest BCUT2D eigenvalue weighted by molar-refractivity contribution is 5.26. The SMILES string of the molecule is COCCNCC(O)c1cccc(C(F)F)c1. The molecule has 0 saturated carbocycles. The zero-order valence-electron chi connectivity index (χ0n) is 9.70. The summed E-state index contributed by atoms with van der Waals surface area (Å²) in [6.45, 7) is 1.47. The molecule has 3 nitrogen and oxygen atoms in total. The summed E-state index contributed by atoms with van der Waals surface area (Å²) in [7, 11) is 1.59. The van der Waals surface area contributed by atoms with E-state index in [0.29, 0.717) is 25.3 Å². The van der Waals surface area contributed by atoms with Crippen LogP contribution in [-0.2, 0) is 4.74 Å². The molecule has 1 aromatic rings. The summed E-state index contributed by atoms with van der Waals surface area (Å²) in [5, 5.41) is 12.7. The standard InChI is InChI=1S/C12H17F2NO2/c1-17-6-5-15-8-11(16)9-3-2-4-10(7-9)12(13)14/h2-4,7,11-12,15-16H,5-6,8H2,1H3. The van der Waals surface area contributed by atoms with Crippen molar-refractivity contribution in [3.63, 3.8) is 0 Å². The number of halogens is 2. The third kappa shape index (κ3) is 4.77. The van der Waals surface area contributed by atoms with E-state index in [-0.39, 0.29) is 5.56 Å². The van der Waals surface area contributed by atoms with Crippen LogP contribution < -0.4 is 5.32 Å². The van der Waals surface area contributed by atoms with Gasteiger partial charge in [0, 0.05) is 25.8 Å². The van der Waals surface area contributed by atoms with Crippen LogP contribution in [0.4, 0.5) is 8.78 Å². The van der Waals surface area contributed by atoms with E-state index in [1.54, 1.807) is 13.2 Å². The van der Waals surface area contributed by atoms with Gasteiger partial charge in [-0.15, -0.1) is 0 Å². The van der Waals surface area contributed by atoms with Crippen molar-refractivity contribution in [2.75, 3.05) is 26.8 Å². The Morgan fingerprint density at radius 1 is 1.35 bits per heavy atom. The smallest absolute Gasteiger partial charge is 0.263 e. The number of aliphatic hydroxyl groups is 1. The van der Waals surface area contributed by atoms with Gasteiger partial charge in [0.15, 0.2) is 0 Å². The van der Waals surface area contributed by atoms with Crippen molar-refractivity contribution < 1.29 is 18.6 Å². The van der Waals surface area contributed by atoms with Gasteiger partial charge in [0.2, 0.25) is 0 Å². The van der Waals surface area contributed by atoms with Crippen LogP contribution in [0.15, 0.2) is 24.3 Å². The molecule has 0 spiro atoms. The van der Waals surface area contributed by atoms with Crippen LogP contribution in [0.5, 0.6) is 0 Å². The first-order valence-corrected chi connectivity index (χ1v) is 5.41. The summed E-state index contributed by atoms with van der Waals surface area (Å²) in [4.78, 5) is 0. The monoisotopic (exact) mass is 245 g/mol. The molecule has 0 heterocycles. The van der Waals surface area contributed by atoms with Gasteiger partial charge >= 0.3 is 0 Å². The zero-order chi connectivity index (χ0) is 12.7. The quantitative estimate of drug-likeness (QED) is 0.721. The lowest BCUT2D eigenvalue weighted by molar-refractivity contribution is 0.148. The summed E-state index contributed by atoms with van der Waals surface area (Å²) < 4.78 is 29.7. The molecule has 0 radical (unpaired) electrons. The number of hydrogen-bond donors (Lipinski definition) is 2. The lowest BCUT2D eigenvalue weighted by Gasteiger charge is -2.13. The Kier molecular flexibility index (Phi) is 6.04. The van der Waals surface area contributed by atoms with Crippen LogP contribution in [0.2, 0.25) is 0 Å². The number of benzene rings is 1. The van der Waals surface area contributed by atoms with Gasteiger partial charge in [0.05, 0.1) is 12.7 Å². The van der Waals surface area contributed by atoms with Gasteiger partial charge in [-0.3, -0.25) is 0 Å². The van der Waals surface area contributed by atoms with E-state index in [0.717, 1.165) is 0 Å². The third-order valence-corrected chi connectivity index (χ3v) is 2.37. The van der Waals surface area contributed by atoms with E-state index in [1.807, 2.05) is 0 Å². The summed E-state index contributed by atoms with van der Waals surface area (Å²) in [6, 6.07) is 5.83. The number of hydrogen-bond acceptors (Lipinski definition) is 3. The van der Waals surface area contributed by atoms with Crippen molar-refractivity contribution in [1.82, 2.24) is 5.32 Å².